The van der Waals surface area contributed by atoms with Gasteiger partial charge in [0.1, 0.15) is 12.6 Å². The molecule has 2 rings (SSSR count). The number of nitrogens with zero attached hydrogens (tertiary/aromatic N) is 1. The van der Waals surface area contributed by atoms with Gasteiger partial charge in [-0.15, -0.1) is 0 Å². The monoisotopic (exact) mass is 262 g/mol. The number of primary amides is 1. The third-order valence-corrected chi connectivity index (χ3v) is 3.27. The van der Waals surface area contributed by atoms with Crippen LogP contribution < -0.4 is 5.73 Å². The van der Waals surface area contributed by atoms with Crippen molar-refractivity contribution in [1.82, 2.24) is 4.90 Å². The first kappa shape index (κ1) is 13.4. The second kappa shape index (κ2) is 6.22. The molecular formula is C14H18N2O3. The molecule has 1 heterocycles. The molecule has 2 N–H and O–H groups in total. The minimum Gasteiger partial charge on any atom is -0.445 e. The number of benzene rings is 1. The summed E-state index contributed by atoms with van der Waals surface area (Å²) in [6.07, 6.45) is 1.95. The summed E-state index contributed by atoms with van der Waals surface area (Å²) < 4.78 is 5.23. The third-order valence-electron chi connectivity index (χ3n) is 3.27. The molecule has 1 fully saturated rings. The minimum absolute atomic E-state index is 0.210. The van der Waals surface area contributed by atoms with Crippen LogP contribution in [0.1, 0.15) is 24.8 Å². The van der Waals surface area contributed by atoms with E-state index in [4.69, 9.17) is 10.5 Å². The Balaban J connectivity index is 1.93. The topological polar surface area (TPSA) is 72.6 Å². The molecule has 1 aliphatic rings. The zero-order valence-electron chi connectivity index (χ0n) is 10.7. The highest BCUT2D eigenvalue weighted by atomic mass is 16.6. The maximum absolute atomic E-state index is 12.0. The van der Waals surface area contributed by atoms with E-state index in [0.29, 0.717) is 13.0 Å². The molecule has 0 saturated carbocycles. The van der Waals surface area contributed by atoms with Gasteiger partial charge in [-0.25, -0.2) is 4.79 Å². The van der Waals surface area contributed by atoms with Gasteiger partial charge in [0, 0.05) is 6.54 Å². The predicted molar refractivity (Wildman–Crippen MR) is 70.2 cm³/mol. The first-order valence-corrected chi connectivity index (χ1v) is 6.45. The van der Waals surface area contributed by atoms with Gasteiger partial charge in [0.2, 0.25) is 5.91 Å². The highest BCUT2D eigenvalue weighted by molar-refractivity contribution is 5.84. The van der Waals surface area contributed by atoms with Gasteiger partial charge in [-0.3, -0.25) is 9.69 Å². The van der Waals surface area contributed by atoms with Gasteiger partial charge in [-0.2, -0.15) is 0 Å². The Bertz CT molecular complexity index is 447. The molecular weight excluding hydrogens is 244 g/mol. The number of ether oxygens (including phenoxy) is 1. The molecule has 1 aromatic carbocycles. The SMILES string of the molecule is NC(=O)[C@H]1CCCCN1C(=O)OCc1ccccc1. The molecule has 0 aliphatic carbocycles. The summed E-state index contributed by atoms with van der Waals surface area (Å²) in [5, 5.41) is 0. The molecule has 2 amide bonds. The van der Waals surface area contributed by atoms with Gasteiger partial charge >= 0.3 is 6.09 Å². The van der Waals surface area contributed by atoms with Crippen LogP contribution in [-0.2, 0) is 16.1 Å². The fourth-order valence-electron chi connectivity index (χ4n) is 2.25. The summed E-state index contributed by atoms with van der Waals surface area (Å²) in [6.45, 7) is 0.739. The smallest absolute Gasteiger partial charge is 0.410 e. The molecule has 5 nitrogen and oxygen atoms in total. The molecule has 1 saturated heterocycles. The number of hydrogen-bond donors (Lipinski definition) is 1. The summed E-state index contributed by atoms with van der Waals surface area (Å²) >= 11 is 0. The first-order valence-electron chi connectivity index (χ1n) is 6.45. The molecule has 0 bridgehead atoms. The minimum atomic E-state index is -0.531. The van der Waals surface area contributed by atoms with Gasteiger partial charge in [0.25, 0.3) is 0 Å². The number of amides is 2. The second-order valence-electron chi connectivity index (χ2n) is 4.65. The Hall–Kier alpha value is -2.04. The summed E-state index contributed by atoms with van der Waals surface area (Å²) in [4.78, 5) is 24.7. The molecule has 0 spiro atoms. The summed E-state index contributed by atoms with van der Waals surface area (Å²) in [5.74, 6) is -0.462. The number of carbonyl (C=O) groups is 2. The Kier molecular flexibility index (Phi) is 4.39. The van der Waals surface area contributed by atoms with E-state index in [2.05, 4.69) is 0 Å². The Morgan fingerprint density at radius 1 is 1.26 bits per heavy atom. The Morgan fingerprint density at radius 3 is 2.68 bits per heavy atom. The second-order valence-corrected chi connectivity index (χ2v) is 4.65. The van der Waals surface area contributed by atoms with Gasteiger partial charge in [-0.05, 0) is 24.8 Å². The lowest BCUT2D eigenvalue weighted by atomic mass is 10.0. The number of hydrogen-bond acceptors (Lipinski definition) is 3. The number of piperidine rings is 1. The summed E-state index contributed by atoms with van der Waals surface area (Å²) in [6, 6.07) is 8.91. The van der Waals surface area contributed by atoms with Crippen LogP contribution in [0.5, 0.6) is 0 Å². The van der Waals surface area contributed by atoms with Crippen molar-refractivity contribution in [2.45, 2.75) is 31.9 Å². The molecule has 102 valence electrons. The first-order chi connectivity index (χ1) is 9.18. The van der Waals surface area contributed by atoms with E-state index in [1.807, 2.05) is 30.3 Å². The van der Waals surface area contributed by atoms with Gasteiger partial charge < -0.3 is 10.5 Å². The van der Waals surface area contributed by atoms with Gasteiger partial charge in [0.15, 0.2) is 0 Å². The maximum atomic E-state index is 12.0. The van der Waals surface area contributed by atoms with Crippen LogP contribution in [-0.4, -0.2) is 29.5 Å². The molecule has 5 heteroatoms. The fraction of sp³-hybridized carbons (Fsp3) is 0.429. The van der Waals surface area contributed by atoms with Crippen LogP contribution in [0.2, 0.25) is 0 Å². The van der Waals surface area contributed by atoms with Gasteiger partial charge in [-0.1, -0.05) is 30.3 Å². The van der Waals surface area contributed by atoms with Crippen molar-refractivity contribution in [2.75, 3.05) is 6.54 Å². The van der Waals surface area contributed by atoms with E-state index in [-0.39, 0.29) is 6.61 Å². The van der Waals surface area contributed by atoms with E-state index in [1.165, 1.54) is 4.90 Å². The Morgan fingerprint density at radius 2 is 2.00 bits per heavy atom. The van der Waals surface area contributed by atoms with Crippen molar-refractivity contribution >= 4 is 12.0 Å². The van der Waals surface area contributed by atoms with Crippen LogP contribution in [0, 0.1) is 0 Å². The largest absolute Gasteiger partial charge is 0.445 e. The number of carbonyl (C=O) groups excluding carboxylic acids is 2. The van der Waals surface area contributed by atoms with Crippen LogP contribution >= 0.6 is 0 Å². The molecule has 0 unspecified atom stereocenters. The van der Waals surface area contributed by atoms with Gasteiger partial charge in [0.05, 0.1) is 0 Å². The standard InChI is InChI=1S/C14H18N2O3/c15-13(17)12-8-4-5-9-16(12)14(18)19-10-11-6-2-1-3-7-11/h1-3,6-7,12H,4-5,8-10H2,(H2,15,17)/t12-/m1/s1. The molecule has 1 aromatic rings. The average molecular weight is 262 g/mol. The van der Waals surface area contributed by atoms with Crippen LogP contribution in [0.15, 0.2) is 30.3 Å². The number of likely N-dealkylation sites (tertiary alicyclic amines) is 1. The van der Waals surface area contributed by atoms with Crippen molar-refractivity contribution in [3.63, 3.8) is 0 Å². The highest BCUT2D eigenvalue weighted by Gasteiger charge is 2.31. The molecule has 1 atom stereocenters. The normalized spacial score (nSPS) is 18.9. The van der Waals surface area contributed by atoms with E-state index in [9.17, 15) is 9.59 Å². The highest BCUT2D eigenvalue weighted by Crippen LogP contribution is 2.18. The third kappa shape index (κ3) is 3.47. The zero-order valence-corrected chi connectivity index (χ0v) is 10.7. The van der Waals surface area contributed by atoms with Crippen molar-refractivity contribution < 1.29 is 14.3 Å². The lowest BCUT2D eigenvalue weighted by Gasteiger charge is -2.32. The van der Waals surface area contributed by atoms with Crippen molar-refractivity contribution in [3.05, 3.63) is 35.9 Å². The van der Waals surface area contributed by atoms with E-state index in [0.717, 1.165) is 18.4 Å². The molecule has 19 heavy (non-hydrogen) atoms. The van der Waals surface area contributed by atoms with Crippen molar-refractivity contribution in [1.29, 1.82) is 0 Å². The summed E-state index contributed by atoms with van der Waals surface area (Å²) in [5.41, 5.74) is 6.23. The van der Waals surface area contributed by atoms with E-state index in [1.54, 1.807) is 0 Å². The van der Waals surface area contributed by atoms with Crippen molar-refractivity contribution in [2.24, 2.45) is 5.73 Å². The van der Waals surface area contributed by atoms with Crippen LogP contribution in [0.3, 0.4) is 0 Å². The molecule has 0 radical (unpaired) electrons. The lowest BCUT2D eigenvalue weighted by Crippen LogP contribution is -2.50. The average Bonchev–Trinajstić information content (AvgIpc) is 2.46. The van der Waals surface area contributed by atoms with Crippen molar-refractivity contribution in [3.8, 4) is 0 Å². The number of nitrogens with two attached hydrogens (primary N) is 1. The van der Waals surface area contributed by atoms with E-state index < -0.39 is 18.0 Å². The maximum Gasteiger partial charge on any atom is 0.410 e. The van der Waals surface area contributed by atoms with E-state index >= 15 is 0 Å². The quantitative estimate of drug-likeness (QED) is 0.900. The zero-order chi connectivity index (χ0) is 13.7. The van der Waals surface area contributed by atoms with Crippen LogP contribution in [0.25, 0.3) is 0 Å². The fourth-order valence-corrected chi connectivity index (χ4v) is 2.25. The Labute approximate surface area is 112 Å². The predicted octanol–water partition coefficient (Wildman–Crippen LogP) is 1.66. The summed E-state index contributed by atoms with van der Waals surface area (Å²) in [7, 11) is 0. The molecule has 1 aliphatic heterocycles. The van der Waals surface area contributed by atoms with Crippen LogP contribution in [0.4, 0.5) is 4.79 Å². The lowest BCUT2D eigenvalue weighted by molar-refractivity contribution is -0.123. The molecule has 0 aromatic heterocycles. The number of rotatable bonds is 3.